The largest absolute Gasteiger partial charge is 0.490 e. The van der Waals surface area contributed by atoms with Gasteiger partial charge in [-0.1, -0.05) is 6.07 Å². The number of carbonyl (C=O) groups is 2. The molecule has 0 amide bonds. The molecule has 0 unspecified atom stereocenters. The molecule has 10 nitrogen and oxygen atoms in total. The Balaban J connectivity index is 1.92. The number of nitro groups is 1. The van der Waals surface area contributed by atoms with Crippen LogP contribution in [-0.4, -0.2) is 42.6 Å². The first-order valence-corrected chi connectivity index (χ1v) is 11.3. The predicted molar refractivity (Wildman–Crippen MR) is 131 cm³/mol. The van der Waals surface area contributed by atoms with Gasteiger partial charge in [0.1, 0.15) is 0 Å². The van der Waals surface area contributed by atoms with E-state index in [-0.39, 0.29) is 30.5 Å². The minimum Gasteiger partial charge on any atom is -0.490 e. The highest BCUT2D eigenvalue weighted by Crippen LogP contribution is 2.35. The topological polar surface area (TPSA) is 127 Å². The van der Waals surface area contributed by atoms with Gasteiger partial charge in [0.2, 0.25) is 5.90 Å². The molecule has 3 rings (SSSR count). The number of rotatable bonds is 9. The van der Waals surface area contributed by atoms with E-state index in [1.165, 1.54) is 12.1 Å². The third-order valence-electron chi connectivity index (χ3n) is 4.55. The summed E-state index contributed by atoms with van der Waals surface area (Å²) in [7, 11) is 0. The summed E-state index contributed by atoms with van der Waals surface area (Å²) in [5, 5.41) is 11.2. The molecule has 0 saturated carbocycles. The SMILES string of the molecule is CCOC(=O)COc1c(I)cc(/C=C2\N=C(c3ccc(C)c([N+](=O)[O-])c3)OC2=O)cc1OCC. The van der Waals surface area contributed by atoms with Crippen molar-refractivity contribution >= 4 is 52.2 Å². The average molecular weight is 580 g/mol. The van der Waals surface area contributed by atoms with Crippen LogP contribution in [0.5, 0.6) is 11.5 Å². The zero-order valence-electron chi connectivity index (χ0n) is 18.6. The molecule has 0 spiro atoms. The molecular formula is C23H21IN2O8. The molecule has 0 bridgehead atoms. The fraction of sp³-hybridized carbons (Fsp3) is 0.261. The summed E-state index contributed by atoms with van der Waals surface area (Å²) < 4.78 is 22.0. The Morgan fingerprint density at radius 3 is 2.65 bits per heavy atom. The van der Waals surface area contributed by atoms with Crippen LogP contribution >= 0.6 is 22.6 Å². The van der Waals surface area contributed by atoms with Gasteiger partial charge in [-0.25, -0.2) is 14.6 Å². The van der Waals surface area contributed by atoms with Crippen molar-refractivity contribution in [3.05, 3.63) is 66.4 Å². The number of esters is 2. The van der Waals surface area contributed by atoms with Crippen molar-refractivity contribution < 1.29 is 33.5 Å². The molecule has 0 fully saturated rings. The molecular weight excluding hydrogens is 559 g/mol. The first-order chi connectivity index (χ1) is 16.2. The smallest absolute Gasteiger partial charge is 0.363 e. The van der Waals surface area contributed by atoms with Crippen molar-refractivity contribution in [1.82, 2.24) is 0 Å². The summed E-state index contributed by atoms with van der Waals surface area (Å²) >= 11 is 2.04. The van der Waals surface area contributed by atoms with Crippen LogP contribution in [0.15, 0.2) is 41.0 Å². The fourth-order valence-electron chi connectivity index (χ4n) is 3.04. The minimum absolute atomic E-state index is 0.0199. The number of hydrogen-bond donors (Lipinski definition) is 0. The van der Waals surface area contributed by atoms with Crippen molar-refractivity contribution in [2.45, 2.75) is 20.8 Å². The van der Waals surface area contributed by atoms with E-state index in [9.17, 15) is 19.7 Å². The van der Waals surface area contributed by atoms with Crippen LogP contribution in [0.1, 0.15) is 30.5 Å². The molecule has 2 aromatic rings. The molecule has 0 aromatic heterocycles. The summed E-state index contributed by atoms with van der Waals surface area (Å²) in [6.45, 7) is 5.46. The van der Waals surface area contributed by atoms with E-state index in [0.29, 0.717) is 38.4 Å². The Morgan fingerprint density at radius 1 is 1.21 bits per heavy atom. The zero-order valence-corrected chi connectivity index (χ0v) is 20.8. The van der Waals surface area contributed by atoms with Gasteiger partial charge in [-0.15, -0.1) is 0 Å². The number of cyclic esters (lactones) is 1. The highest BCUT2D eigenvalue weighted by atomic mass is 127. The van der Waals surface area contributed by atoms with Gasteiger partial charge in [-0.2, -0.15) is 0 Å². The summed E-state index contributed by atoms with van der Waals surface area (Å²) in [5.74, 6) is -0.445. The van der Waals surface area contributed by atoms with E-state index in [4.69, 9.17) is 18.9 Å². The van der Waals surface area contributed by atoms with Crippen molar-refractivity contribution in [3.63, 3.8) is 0 Å². The standard InChI is InChI=1S/C23H21IN2O8/c1-4-31-19-10-14(8-16(24)21(19)33-12-20(27)32-5-2)9-17-23(28)34-22(25-17)15-7-6-13(3)18(11-15)26(29)30/h6-11H,4-5,12H2,1-3H3/b17-9-. The van der Waals surface area contributed by atoms with Crippen LogP contribution in [0.2, 0.25) is 0 Å². The Bertz CT molecular complexity index is 1210. The summed E-state index contributed by atoms with van der Waals surface area (Å²) in [5.41, 5.74) is 1.32. The van der Waals surface area contributed by atoms with Crippen molar-refractivity contribution in [2.75, 3.05) is 19.8 Å². The quantitative estimate of drug-likeness (QED) is 0.142. The highest BCUT2D eigenvalue weighted by molar-refractivity contribution is 14.1. The highest BCUT2D eigenvalue weighted by Gasteiger charge is 2.26. The number of ether oxygens (including phenoxy) is 4. The number of aliphatic imine (C=N–C) groups is 1. The van der Waals surface area contributed by atoms with E-state index in [0.717, 1.165) is 0 Å². The number of hydrogen-bond acceptors (Lipinski definition) is 9. The number of nitrogens with zero attached hydrogens (tertiary/aromatic N) is 2. The average Bonchev–Trinajstić information content (AvgIpc) is 3.13. The monoisotopic (exact) mass is 580 g/mol. The molecule has 1 aliphatic heterocycles. The third-order valence-corrected chi connectivity index (χ3v) is 5.35. The Hall–Kier alpha value is -3.48. The maximum absolute atomic E-state index is 12.4. The molecule has 0 N–H and O–H groups in total. The lowest BCUT2D eigenvalue weighted by atomic mass is 10.1. The van der Waals surface area contributed by atoms with Gasteiger partial charge >= 0.3 is 11.9 Å². The van der Waals surface area contributed by atoms with Crippen LogP contribution < -0.4 is 9.47 Å². The van der Waals surface area contributed by atoms with E-state index in [1.54, 1.807) is 45.0 Å². The number of carbonyl (C=O) groups excluding carboxylic acids is 2. The summed E-state index contributed by atoms with van der Waals surface area (Å²) in [6.07, 6.45) is 1.51. The molecule has 1 aliphatic rings. The molecule has 178 valence electrons. The number of nitro benzene ring substituents is 1. The van der Waals surface area contributed by atoms with E-state index >= 15 is 0 Å². The number of halogens is 1. The first-order valence-electron chi connectivity index (χ1n) is 10.3. The van der Waals surface area contributed by atoms with Gasteiger partial charge in [0.15, 0.2) is 23.8 Å². The third kappa shape index (κ3) is 5.90. The predicted octanol–water partition coefficient (Wildman–Crippen LogP) is 4.19. The Morgan fingerprint density at radius 2 is 1.97 bits per heavy atom. The van der Waals surface area contributed by atoms with Crippen molar-refractivity contribution in [2.24, 2.45) is 4.99 Å². The van der Waals surface area contributed by atoms with Gasteiger partial charge in [-0.3, -0.25) is 10.1 Å². The minimum atomic E-state index is -0.686. The van der Waals surface area contributed by atoms with Gasteiger partial charge in [0, 0.05) is 17.2 Å². The van der Waals surface area contributed by atoms with Gasteiger partial charge < -0.3 is 18.9 Å². The van der Waals surface area contributed by atoms with Gasteiger partial charge in [0.25, 0.3) is 5.69 Å². The lowest BCUT2D eigenvalue weighted by molar-refractivity contribution is -0.385. The Kier molecular flexibility index (Phi) is 8.21. The molecule has 0 aliphatic carbocycles. The maximum Gasteiger partial charge on any atom is 0.363 e. The van der Waals surface area contributed by atoms with Crippen molar-refractivity contribution in [3.8, 4) is 11.5 Å². The van der Waals surface area contributed by atoms with Crippen LogP contribution in [0.3, 0.4) is 0 Å². The summed E-state index contributed by atoms with van der Waals surface area (Å²) in [4.78, 5) is 39.0. The number of aryl methyl sites for hydroxylation is 1. The second-order valence-corrected chi connectivity index (χ2v) is 8.11. The van der Waals surface area contributed by atoms with Crippen LogP contribution in [0, 0.1) is 20.6 Å². The lowest BCUT2D eigenvalue weighted by Gasteiger charge is -2.14. The van der Waals surface area contributed by atoms with Crippen LogP contribution in [-0.2, 0) is 19.1 Å². The van der Waals surface area contributed by atoms with Gasteiger partial charge in [-0.05, 0) is 73.2 Å². The second-order valence-electron chi connectivity index (χ2n) is 6.95. The molecule has 34 heavy (non-hydrogen) atoms. The first kappa shape index (κ1) is 25.1. The summed E-state index contributed by atoms with van der Waals surface area (Å²) in [6, 6.07) is 7.86. The molecule has 0 radical (unpaired) electrons. The molecule has 1 heterocycles. The molecule has 0 atom stereocenters. The number of benzene rings is 2. The van der Waals surface area contributed by atoms with Crippen molar-refractivity contribution in [1.29, 1.82) is 0 Å². The maximum atomic E-state index is 12.4. The molecule has 11 heteroatoms. The van der Waals surface area contributed by atoms with Gasteiger partial charge in [0.05, 0.1) is 21.7 Å². The normalized spacial score (nSPS) is 13.9. The fourth-order valence-corrected chi connectivity index (χ4v) is 3.82. The Labute approximate surface area is 208 Å². The lowest BCUT2D eigenvalue weighted by Crippen LogP contribution is -2.15. The zero-order chi connectivity index (χ0) is 24.8. The van der Waals surface area contributed by atoms with Crippen LogP contribution in [0.25, 0.3) is 6.08 Å². The van der Waals surface area contributed by atoms with Crippen LogP contribution in [0.4, 0.5) is 5.69 Å². The van der Waals surface area contributed by atoms with E-state index in [2.05, 4.69) is 4.99 Å². The molecule has 0 saturated heterocycles. The second kappa shape index (κ2) is 11.1. The molecule has 2 aromatic carbocycles. The van der Waals surface area contributed by atoms with E-state index in [1.807, 2.05) is 22.6 Å². The van der Waals surface area contributed by atoms with E-state index < -0.39 is 16.9 Å².